The zero-order valence-electron chi connectivity index (χ0n) is 14.1. The van der Waals surface area contributed by atoms with Crippen molar-refractivity contribution in [3.8, 4) is 34.1 Å². The van der Waals surface area contributed by atoms with Crippen molar-refractivity contribution in [2.45, 2.75) is 6.42 Å². The largest absolute Gasteiger partial charge is 0.493 e. The minimum atomic E-state index is -0.927. The number of carboxylic acid groups (broad SMARTS) is 1. The lowest BCUT2D eigenvalue weighted by Crippen LogP contribution is -2.03. The predicted molar refractivity (Wildman–Crippen MR) is 89.4 cm³/mol. The van der Waals surface area contributed by atoms with E-state index in [0.717, 1.165) is 11.1 Å². The number of hydrogen-bond acceptors (Lipinski definition) is 5. The quantitative estimate of drug-likeness (QED) is 0.840. The Morgan fingerprint density at radius 2 is 1.38 bits per heavy atom. The average Bonchev–Trinajstić information content (AvgIpc) is 2.60. The molecule has 0 fully saturated rings. The van der Waals surface area contributed by atoms with Gasteiger partial charge in [0.2, 0.25) is 0 Å². The molecule has 2 aromatic carbocycles. The van der Waals surface area contributed by atoms with Crippen LogP contribution in [0.2, 0.25) is 0 Å². The van der Waals surface area contributed by atoms with Crippen molar-refractivity contribution >= 4 is 5.97 Å². The number of hydrogen-bond donors (Lipinski definition) is 1. The Morgan fingerprint density at radius 3 is 1.92 bits per heavy atom. The first-order valence-electron chi connectivity index (χ1n) is 7.23. The highest BCUT2D eigenvalue weighted by molar-refractivity contribution is 5.79. The molecule has 0 spiro atoms. The molecule has 0 radical (unpaired) electrons. The number of ether oxygens (including phenoxy) is 4. The number of methoxy groups -OCH3 is 4. The molecule has 0 heterocycles. The summed E-state index contributed by atoms with van der Waals surface area (Å²) in [6.45, 7) is 0. The van der Waals surface area contributed by atoms with Crippen molar-refractivity contribution in [2.75, 3.05) is 28.4 Å². The number of carboxylic acids is 1. The summed E-state index contributed by atoms with van der Waals surface area (Å²) < 4.78 is 21.2. The molecule has 0 unspecified atom stereocenters. The van der Waals surface area contributed by atoms with Crippen LogP contribution in [0.15, 0.2) is 30.3 Å². The lowest BCUT2D eigenvalue weighted by Gasteiger charge is -2.16. The van der Waals surface area contributed by atoms with Crippen LogP contribution >= 0.6 is 0 Å². The standard InChI is InChI=1S/C18H20O6/c1-21-14-6-5-11(7-15(14)22-2)13-10-17(24-4)16(23-3)8-12(13)9-18(19)20/h5-8,10H,9H2,1-4H3,(H,19,20). The summed E-state index contributed by atoms with van der Waals surface area (Å²) >= 11 is 0. The normalized spacial score (nSPS) is 10.2. The summed E-state index contributed by atoms with van der Waals surface area (Å²) in [5, 5.41) is 9.19. The molecule has 0 atom stereocenters. The Morgan fingerprint density at radius 1 is 0.833 bits per heavy atom. The third-order valence-electron chi connectivity index (χ3n) is 3.65. The van der Waals surface area contributed by atoms with E-state index in [0.29, 0.717) is 28.6 Å². The Labute approximate surface area is 140 Å². The predicted octanol–water partition coefficient (Wildman–Crippen LogP) is 3.02. The van der Waals surface area contributed by atoms with E-state index < -0.39 is 5.97 Å². The van der Waals surface area contributed by atoms with Crippen LogP contribution in [0.25, 0.3) is 11.1 Å². The smallest absolute Gasteiger partial charge is 0.307 e. The first kappa shape index (κ1) is 17.5. The van der Waals surface area contributed by atoms with E-state index >= 15 is 0 Å². The summed E-state index contributed by atoms with van der Waals surface area (Å²) in [5.74, 6) is 1.24. The molecule has 0 aliphatic rings. The SMILES string of the molecule is COc1ccc(-c2cc(OC)c(OC)cc2CC(=O)O)cc1OC. The zero-order chi connectivity index (χ0) is 17.7. The van der Waals surface area contributed by atoms with Gasteiger partial charge in [-0.15, -0.1) is 0 Å². The van der Waals surface area contributed by atoms with Gasteiger partial charge in [0.1, 0.15) is 0 Å². The minimum Gasteiger partial charge on any atom is -0.493 e. The maximum absolute atomic E-state index is 11.2. The fourth-order valence-electron chi connectivity index (χ4n) is 2.50. The average molecular weight is 332 g/mol. The van der Waals surface area contributed by atoms with Crippen molar-refractivity contribution in [1.82, 2.24) is 0 Å². The molecule has 0 saturated heterocycles. The van der Waals surface area contributed by atoms with Crippen molar-refractivity contribution in [3.63, 3.8) is 0 Å². The highest BCUT2D eigenvalue weighted by atomic mass is 16.5. The van der Waals surface area contributed by atoms with Gasteiger partial charge in [-0.25, -0.2) is 0 Å². The minimum absolute atomic E-state index is 0.135. The first-order valence-corrected chi connectivity index (χ1v) is 7.23. The first-order chi connectivity index (χ1) is 11.5. The fraction of sp³-hybridized carbons (Fsp3) is 0.278. The van der Waals surface area contributed by atoms with E-state index in [2.05, 4.69) is 0 Å². The Kier molecular flexibility index (Phi) is 5.52. The maximum atomic E-state index is 11.2. The molecule has 1 N–H and O–H groups in total. The second kappa shape index (κ2) is 7.59. The van der Waals surface area contributed by atoms with Gasteiger partial charge < -0.3 is 24.1 Å². The van der Waals surface area contributed by atoms with Crippen LogP contribution in [0, 0.1) is 0 Å². The highest BCUT2D eigenvalue weighted by Gasteiger charge is 2.16. The van der Waals surface area contributed by atoms with Gasteiger partial charge in [0, 0.05) is 0 Å². The van der Waals surface area contributed by atoms with E-state index in [1.165, 1.54) is 14.2 Å². The molecule has 0 bridgehead atoms. The molecule has 6 heteroatoms. The van der Waals surface area contributed by atoms with Gasteiger partial charge in [0.25, 0.3) is 0 Å². The van der Waals surface area contributed by atoms with E-state index in [1.54, 1.807) is 38.5 Å². The molecular weight excluding hydrogens is 312 g/mol. The third kappa shape index (κ3) is 3.53. The number of carbonyl (C=O) groups is 1. The highest BCUT2D eigenvalue weighted by Crippen LogP contribution is 2.39. The second-order valence-corrected chi connectivity index (χ2v) is 5.00. The van der Waals surface area contributed by atoms with E-state index in [1.807, 2.05) is 6.07 Å². The van der Waals surface area contributed by atoms with E-state index in [9.17, 15) is 9.90 Å². The van der Waals surface area contributed by atoms with Crippen molar-refractivity contribution < 1.29 is 28.8 Å². The Balaban J connectivity index is 2.64. The lowest BCUT2D eigenvalue weighted by atomic mass is 9.96. The topological polar surface area (TPSA) is 74.2 Å². The molecular formula is C18H20O6. The summed E-state index contributed by atoms with van der Waals surface area (Å²) in [6, 6.07) is 8.85. The van der Waals surface area contributed by atoms with Gasteiger partial charge in [-0.05, 0) is 41.0 Å². The zero-order valence-corrected chi connectivity index (χ0v) is 14.1. The van der Waals surface area contributed by atoms with Crippen LogP contribution in [0.1, 0.15) is 5.56 Å². The van der Waals surface area contributed by atoms with Gasteiger partial charge in [-0.3, -0.25) is 4.79 Å². The second-order valence-electron chi connectivity index (χ2n) is 5.00. The summed E-state index contributed by atoms with van der Waals surface area (Å²) in [7, 11) is 6.16. The van der Waals surface area contributed by atoms with Crippen LogP contribution in [0.4, 0.5) is 0 Å². The van der Waals surface area contributed by atoms with Crippen molar-refractivity contribution in [1.29, 1.82) is 0 Å². The van der Waals surface area contributed by atoms with Crippen molar-refractivity contribution in [2.24, 2.45) is 0 Å². The van der Waals surface area contributed by atoms with Crippen LogP contribution < -0.4 is 18.9 Å². The van der Waals surface area contributed by atoms with Gasteiger partial charge >= 0.3 is 5.97 Å². The molecule has 2 aromatic rings. The van der Waals surface area contributed by atoms with Gasteiger partial charge in [0.05, 0.1) is 34.9 Å². The molecule has 0 saturated carbocycles. The summed E-state index contributed by atoms with van der Waals surface area (Å²) in [4.78, 5) is 11.2. The number of aliphatic carboxylic acids is 1. The third-order valence-corrected chi connectivity index (χ3v) is 3.65. The van der Waals surface area contributed by atoms with Gasteiger partial charge in [0.15, 0.2) is 23.0 Å². The maximum Gasteiger partial charge on any atom is 0.307 e. The van der Waals surface area contributed by atoms with Crippen LogP contribution in [-0.4, -0.2) is 39.5 Å². The molecule has 0 aromatic heterocycles. The Hall–Kier alpha value is -2.89. The van der Waals surface area contributed by atoms with E-state index in [4.69, 9.17) is 18.9 Å². The fourth-order valence-corrected chi connectivity index (χ4v) is 2.50. The number of rotatable bonds is 7. The number of benzene rings is 2. The van der Waals surface area contributed by atoms with E-state index in [-0.39, 0.29) is 6.42 Å². The molecule has 0 aliphatic carbocycles. The molecule has 24 heavy (non-hydrogen) atoms. The van der Waals surface area contributed by atoms with Crippen LogP contribution in [-0.2, 0) is 11.2 Å². The molecule has 0 amide bonds. The van der Waals surface area contributed by atoms with Crippen LogP contribution in [0.5, 0.6) is 23.0 Å². The molecule has 2 rings (SSSR count). The molecule has 0 aliphatic heterocycles. The van der Waals surface area contributed by atoms with Crippen molar-refractivity contribution in [3.05, 3.63) is 35.9 Å². The van der Waals surface area contributed by atoms with Crippen LogP contribution in [0.3, 0.4) is 0 Å². The summed E-state index contributed by atoms with van der Waals surface area (Å²) in [5.41, 5.74) is 2.15. The Bertz CT molecular complexity index is 739. The molecule has 6 nitrogen and oxygen atoms in total. The monoisotopic (exact) mass is 332 g/mol. The van der Waals surface area contributed by atoms with Gasteiger partial charge in [-0.2, -0.15) is 0 Å². The van der Waals surface area contributed by atoms with Gasteiger partial charge in [-0.1, -0.05) is 6.07 Å². The summed E-state index contributed by atoms with van der Waals surface area (Å²) in [6.07, 6.45) is -0.135. The molecule has 128 valence electrons. The lowest BCUT2D eigenvalue weighted by molar-refractivity contribution is -0.136.